The van der Waals surface area contributed by atoms with Gasteiger partial charge in [0.2, 0.25) is 0 Å². The summed E-state index contributed by atoms with van der Waals surface area (Å²) in [6.07, 6.45) is 0. The Bertz CT molecular complexity index is 3000. The minimum absolute atomic E-state index is 0. The number of nitrogens with zero attached hydrogens (tertiary/aromatic N) is 3. The van der Waals surface area contributed by atoms with E-state index in [1.807, 2.05) is 6.07 Å². The predicted molar refractivity (Wildman–Crippen MR) is 281 cm³/mol. The maximum absolute atomic E-state index is 5.75. The van der Waals surface area contributed by atoms with Crippen molar-refractivity contribution in [2.45, 2.75) is 124 Å². The molecule has 8 aromatic rings. The fourth-order valence-corrected chi connectivity index (χ4v) is 9.66. The summed E-state index contributed by atoms with van der Waals surface area (Å²) in [6, 6.07) is 56.7. The summed E-state index contributed by atoms with van der Waals surface area (Å²) in [7, 11) is -1.68. The average molecular weight is 1070 g/mol. The van der Waals surface area contributed by atoms with Gasteiger partial charge in [-0.05, 0) is 67.8 Å². The van der Waals surface area contributed by atoms with E-state index in [2.05, 4.69) is 247 Å². The van der Waals surface area contributed by atoms with E-state index < -0.39 is 8.07 Å². The molecule has 2 heterocycles. The average Bonchev–Trinajstić information content (AvgIpc) is 3.65. The fourth-order valence-electron chi connectivity index (χ4n) is 8.50. The molecule has 0 aliphatic carbocycles. The first-order chi connectivity index (χ1) is 30.4. The van der Waals surface area contributed by atoms with Crippen LogP contribution in [0.25, 0.3) is 72.9 Å². The normalized spacial score (nSPS) is 12.7. The fraction of sp³-hybridized carbons (Fsp3) is 0.311. The molecule has 0 amide bonds. The SMILES string of the molecule is CC(C)(C)c1[c-]c(-c2nc3c(-c4cc(C(C)(C)C)cc(-c5[c-]ccc(-c6ccc(C(C)(C)C)cc6)c5)n4)cccc3n2-c2ccc([Si](C)(C)C)cc2-c2ccccc2)cc(C(C)(C)C)c1.[Pt+2]. The van der Waals surface area contributed by atoms with E-state index in [0.717, 1.165) is 56.2 Å². The standard InChI is InChI=1S/C61H67N3Si.Pt/c1-58(2,3)45-29-27-40(28-30-45)42-23-19-24-43(33-42)52-37-48(61(10,11)12)38-53(62-52)50-25-20-26-55-56(50)63-57(44-34-46(59(4,5)6)36-47(35-44)60(7,8)9)64(55)54-32-31-49(65(13,14)15)39-51(54)41-21-17-16-18-22-41;/h16-23,25-34,36-39H,1-15H3;/q-2;+2. The molecule has 5 heteroatoms. The van der Waals surface area contributed by atoms with Crippen molar-refractivity contribution in [3.8, 4) is 61.8 Å². The van der Waals surface area contributed by atoms with Gasteiger partial charge in [-0.15, -0.1) is 70.3 Å². The van der Waals surface area contributed by atoms with Crippen LogP contribution in [-0.2, 0) is 42.7 Å². The largest absolute Gasteiger partial charge is 2.00 e. The molecular formula is C61H67N3PtSi. The van der Waals surface area contributed by atoms with Crippen molar-refractivity contribution in [3.63, 3.8) is 0 Å². The number of benzene rings is 6. The second-order valence-corrected chi connectivity index (χ2v) is 28.3. The molecule has 0 spiro atoms. The summed E-state index contributed by atoms with van der Waals surface area (Å²) in [5.74, 6) is 0.868. The van der Waals surface area contributed by atoms with Crippen LogP contribution in [-0.4, -0.2) is 22.6 Å². The molecule has 0 bridgehead atoms. The number of pyridine rings is 1. The van der Waals surface area contributed by atoms with Crippen molar-refractivity contribution in [2.75, 3.05) is 0 Å². The van der Waals surface area contributed by atoms with Crippen LogP contribution in [0, 0.1) is 12.1 Å². The number of para-hydroxylation sites is 1. The van der Waals surface area contributed by atoms with Gasteiger partial charge in [-0.3, -0.25) is 9.97 Å². The van der Waals surface area contributed by atoms with Crippen molar-refractivity contribution in [2.24, 2.45) is 0 Å². The molecule has 0 saturated carbocycles. The van der Waals surface area contributed by atoms with Gasteiger partial charge in [0.1, 0.15) is 0 Å². The Balaban J connectivity index is 0.00000648. The van der Waals surface area contributed by atoms with Gasteiger partial charge in [0.05, 0.1) is 30.6 Å². The Morgan fingerprint density at radius 2 is 1.12 bits per heavy atom. The van der Waals surface area contributed by atoms with Crippen LogP contribution in [0.5, 0.6) is 0 Å². The molecule has 3 nitrogen and oxygen atoms in total. The third kappa shape index (κ3) is 10.1. The maximum atomic E-state index is 5.75. The van der Waals surface area contributed by atoms with Crippen molar-refractivity contribution < 1.29 is 21.1 Å². The maximum Gasteiger partial charge on any atom is 2.00 e. The summed E-state index contributed by atoms with van der Waals surface area (Å²) in [6.45, 7) is 34.6. The summed E-state index contributed by atoms with van der Waals surface area (Å²) in [5, 5.41) is 1.42. The molecule has 66 heavy (non-hydrogen) atoms. The summed E-state index contributed by atoms with van der Waals surface area (Å²) in [4.78, 5) is 11.3. The molecule has 0 saturated heterocycles. The van der Waals surface area contributed by atoms with Crippen LogP contribution in [0.2, 0.25) is 19.6 Å². The van der Waals surface area contributed by atoms with Crippen LogP contribution in [0.1, 0.15) is 105 Å². The van der Waals surface area contributed by atoms with E-state index in [1.165, 1.54) is 44.1 Å². The molecule has 340 valence electrons. The Kier molecular flexibility index (Phi) is 13.2. The Morgan fingerprint density at radius 3 is 1.74 bits per heavy atom. The van der Waals surface area contributed by atoms with Crippen LogP contribution in [0.15, 0.2) is 133 Å². The smallest absolute Gasteiger partial charge is 0.333 e. The van der Waals surface area contributed by atoms with E-state index in [1.54, 1.807) is 0 Å². The second kappa shape index (κ2) is 17.8. The topological polar surface area (TPSA) is 30.7 Å². The van der Waals surface area contributed by atoms with Crippen molar-refractivity contribution in [1.82, 2.24) is 14.5 Å². The van der Waals surface area contributed by atoms with Gasteiger partial charge in [0, 0.05) is 16.8 Å². The van der Waals surface area contributed by atoms with Gasteiger partial charge in [-0.2, -0.15) is 0 Å². The van der Waals surface area contributed by atoms with Crippen molar-refractivity contribution in [1.29, 1.82) is 0 Å². The predicted octanol–water partition coefficient (Wildman–Crippen LogP) is 16.1. The van der Waals surface area contributed by atoms with Gasteiger partial charge in [0.15, 0.2) is 0 Å². The molecule has 2 aromatic heterocycles. The number of imidazole rings is 1. The number of aromatic nitrogens is 3. The summed E-state index contributed by atoms with van der Waals surface area (Å²) >= 11 is 0. The third-order valence-electron chi connectivity index (χ3n) is 12.8. The summed E-state index contributed by atoms with van der Waals surface area (Å²) < 4.78 is 2.40. The monoisotopic (exact) mass is 1060 g/mol. The minimum Gasteiger partial charge on any atom is -0.333 e. The zero-order valence-corrected chi connectivity index (χ0v) is 45.1. The zero-order valence-electron chi connectivity index (χ0n) is 41.9. The molecule has 0 aliphatic rings. The van der Waals surface area contributed by atoms with Crippen molar-refractivity contribution >= 4 is 24.3 Å². The van der Waals surface area contributed by atoms with Gasteiger partial charge in [-0.1, -0.05) is 193 Å². The van der Waals surface area contributed by atoms with Gasteiger partial charge in [-0.25, -0.2) is 0 Å². The molecule has 0 fully saturated rings. The number of hydrogen-bond donors (Lipinski definition) is 0. The molecule has 0 aliphatic heterocycles. The Morgan fingerprint density at radius 1 is 0.485 bits per heavy atom. The first-order valence-corrected chi connectivity index (χ1v) is 26.8. The van der Waals surface area contributed by atoms with Crippen LogP contribution in [0.4, 0.5) is 0 Å². The Hall–Kier alpha value is -5.15. The van der Waals surface area contributed by atoms with E-state index in [4.69, 9.17) is 9.97 Å². The van der Waals surface area contributed by atoms with Gasteiger partial charge < -0.3 is 4.57 Å². The van der Waals surface area contributed by atoms with Crippen LogP contribution >= 0.6 is 0 Å². The molecule has 6 aromatic carbocycles. The molecule has 0 unspecified atom stereocenters. The van der Waals surface area contributed by atoms with Crippen LogP contribution in [0.3, 0.4) is 0 Å². The summed E-state index contributed by atoms with van der Waals surface area (Å²) in [5.41, 5.74) is 17.2. The number of hydrogen-bond acceptors (Lipinski definition) is 2. The molecule has 0 N–H and O–H groups in total. The zero-order chi connectivity index (χ0) is 46.9. The first-order valence-electron chi connectivity index (χ1n) is 23.3. The molecular weight excluding hydrogens is 998 g/mol. The first kappa shape index (κ1) is 48.8. The molecule has 0 atom stereocenters. The van der Waals surface area contributed by atoms with E-state index in [-0.39, 0.29) is 42.7 Å². The van der Waals surface area contributed by atoms with Gasteiger partial charge >= 0.3 is 21.1 Å². The quantitative estimate of drug-likeness (QED) is 0.118. The van der Waals surface area contributed by atoms with Crippen LogP contribution < -0.4 is 5.19 Å². The number of rotatable bonds is 7. The van der Waals surface area contributed by atoms with Gasteiger partial charge in [0.25, 0.3) is 0 Å². The third-order valence-corrected chi connectivity index (χ3v) is 14.8. The van der Waals surface area contributed by atoms with E-state index >= 15 is 0 Å². The van der Waals surface area contributed by atoms with Crippen molar-refractivity contribution in [3.05, 3.63) is 168 Å². The number of fused-ring (bicyclic) bond motifs is 1. The van der Waals surface area contributed by atoms with E-state index in [9.17, 15) is 0 Å². The molecule has 8 rings (SSSR count). The minimum atomic E-state index is -1.68. The Labute approximate surface area is 411 Å². The molecule has 0 radical (unpaired) electrons. The second-order valence-electron chi connectivity index (χ2n) is 23.2. The van der Waals surface area contributed by atoms with E-state index in [0.29, 0.717) is 0 Å².